The maximum absolute atomic E-state index is 12.5. The lowest BCUT2D eigenvalue weighted by Gasteiger charge is -2.09. The molecule has 6 heteroatoms. The van der Waals surface area contributed by atoms with Crippen LogP contribution in [0.3, 0.4) is 0 Å². The lowest BCUT2D eigenvalue weighted by molar-refractivity contribution is -0.116. The predicted molar refractivity (Wildman–Crippen MR) is 90.7 cm³/mol. The molecule has 0 radical (unpaired) electrons. The number of aryl methyl sites for hydroxylation is 1. The van der Waals surface area contributed by atoms with Gasteiger partial charge in [-0.1, -0.05) is 25.7 Å². The summed E-state index contributed by atoms with van der Waals surface area (Å²) in [6, 6.07) is 1.55. The van der Waals surface area contributed by atoms with E-state index in [4.69, 9.17) is 0 Å². The number of carbonyl (C=O) groups excluding carboxylic acids is 1. The van der Waals surface area contributed by atoms with Crippen LogP contribution in [0.5, 0.6) is 0 Å². The highest BCUT2D eigenvalue weighted by Gasteiger charge is 2.17. The number of aliphatic hydroxyl groups excluding tert-OH is 1. The molecule has 0 spiro atoms. The molecule has 2 aromatic rings. The van der Waals surface area contributed by atoms with Crippen molar-refractivity contribution in [3.63, 3.8) is 0 Å². The molecule has 6 nitrogen and oxygen atoms in total. The molecule has 2 heterocycles. The second kappa shape index (κ2) is 7.11. The average Bonchev–Trinajstić information content (AvgIpc) is 3.21. The lowest BCUT2D eigenvalue weighted by atomic mass is 10.0. The van der Waals surface area contributed by atoms with Gasteiger partial charge in [0, 0.05) is 24.6 Å². The van der Waals surface area contributed by atoms with Gasteiger partial charge < -0.3 is 9.90 Å². The first-order valence-electron chi connectivity index (χ1n) is 8.63. The van der Waals surface area contributed by atoms with Gasteiger partial charge in [0.15, 0.2) is 11.1 Å². The van der Waals surface area contributed by atoms with Gasteiger partial charge in [0.1, 0.15) is 23.1 Å². The topological polar surface area (TPSA) is 84.6 Å². The molecule has 0 aliphatic heterocycles. The number of hydrogen-bond donors (Lipinski definition) is 1. The molecule has 2 aromatic heterocycles. The number of ketones is 1. The van der Waals surface area contributed by atoms with Crippen LogP contribution in [0, 0.1) is 5.92 Å². The highest BCUT2D eigenvalue weighted by atomic mass is 16.3. The van der Waals surface area contributed by atoms with E-state index in [2.05, 4.69) is 10.1 Å². The standard InChI is InChI=1S/C18H23N3O3/c1-12(22)6-9-15(23)17-16(24)10-14(21-18(17)19-11-20-21)8-7-13-4-2-3-5-13/h10-11,13,23H,2-9H2,1H3/b17-15-. The summed E-state index contributed by atoms with van der Waals surface area (Å²) in [7, 11) is 0. The van der Waals surface area contributed by atoms with E-state index in [-0.39, 0.29) is 35.0 Å². The molecule has 128 valence electrons. The van der Waals surface area contributed by atoms with E-state index in [1.165, 1.54) is 38.9 Å². The summed E-state index contributed by atoms with van der Waals surface area (Å²) in [5.74, 6) is 0.615. The maximum Gasteiger partial charge on any atom is 0.194 e. The van der Waals surface area contributed by atoms with Gasteiger partial charge in [-0.25, -0.2) is 9.50 Å². The van der Waals surface area contributed by atoms with Crippen molar-refractivity contribution in [2.75, 3.05) is 0 Å². The Bertz CT molecular complexity index is 850. The number of carbonyl (C=O) groups is 1. The second-order valence-corrected chi connectivity index (χ2v) is 6.71. The molecule has 1 N–H and O–H groups in total. The van der Waals surface area contributed by atoms with Gasteiger partial charge in [-0.2, -0.15) is 5.10 Å². The Morgan fingerprint density at radius 1 is 1.33 bits per heavy atom. The minimum atomic E-state index is -0.252. The van der Waals surface area contributed by atoms with Crippen molar-refractivity contribution in [2.45, 2.75) is 58.3 Å². The van der Waals surface area contributed by atoms with E-state index in [0.717, 1.165) is 24.5 Å². The molecule has 0 atom stereocenters. The van der Waals surface area contributed by atoms with Gasteiger partial charge in [-0.05, 0) is 25.7 Å². The molecule has 24 heavy (non-hydrogen) atoms. The zero-order chi connectivity index (χ0) is 17.1. The van der Waals surface area contributed by atoms with Crippen LogP contribution in [0.4, 0.5) is 0 Å². The summed E-state index contributed by atoms with van der Waals surface area (Å²) < 4.78 is 1.65. The van der Waals surface area contributed by atoms with Crippen LogP contribution in [0.15, 0.2) is 17.2 Å². The number of rotatable bonds is 6. The molecule has 0 aromatic carbocycles. The van der Waals surface area contributed by atoms with Gasteiger partial charge in [0.05, 0.1) is 0 Å². The largest absolute Gasteiger partial charge is 0.511 e. The molecule has 0 unspecified atom stereocenters. The van der Waals surface area contributed by atoms with Gasteiger partial charge in [-0.15, -0.1) is 0 Å². The van der Waals surface area contributed by atoms with Crippen molar-refractivity contribution in [1.29, 1.82) is 0 Å². The Hall–Kier alpha value is -2.24. The highest BCUT2D eigenvalue weighted by molar-refractivity contribution is 5.76. The predicted octanol–water partition coefficient (Wildman–Crippen LogP) is 1.97. The molecule has 1 aliphatic carbocycles. The van der Waals surface area contributed by atoms with E-state index in [1.807, 2.05) is 0 Å². The molecule has 0 bridgehead atoms. The first-order chi connectivity index (χ1) is 11.6. The first kappa shape index (κ1) is 16.6. The molecular formula is C18H23N3O3. The summed E-state index contributed by atoms with van der Waals surface area (Å²) in [5, 5.41) is 14.6. The summed E-state index contributed by atoms with van der Waals surface area (Å²) in [6.45, 7) is 1.46. The van der Waals surface area contributed by atoms with E-state index in [1.54, 1.807) is 10.6 Å². The van der Waals surface area contributed by atoms with E-state index >= 15 is 0 Å². The minimum Gasteiger partial charge on any atom is -0.511 e. The third-order valence-electron chi connectivity index (χ3n) is 4.87. The Kier molecular flexibility index (Phi) is 4.92. The fraction of sp³-hybridized carbons (Fsp3) is 0.556. The molecule has 1 fully saturated rings. The number of Topliss-reactive ketones (excluding diaryl/α,β-unsaturated/α-hetero) is 1. The summed E-state index contributed by atoms with van der Waals surface area (Å²) >= 11 is 0. The first-order valence-corrected chi connectivity index (χ1v) is 8.63. The molecule has 0 saturated heterocycles. The van der Waals surface area contributed by atoms with Crippen LogP contribution in [0.25, 0.3) is 11.4 Å². The van der Waals surface area contributed by atoms with Crippen LogP contribution >= 0.6 is 0 Å². The van der Waals surface area contributed by atoms with Gasteiger partial charge in [-0.3, -0.25) is 4.79 Å². The number of hydrogen-bond acceptors (Lipinski definition) is 5. The summed E-state index contributed by atoms with van der Waals surface area (Å²) in [4.78, 5) is 27.7. The van der Waals surface area contributed by atoms with Crippen LogP contribution in [-0.2, 0) is 11.2 Å². The number of aromatic nitrogens is 3. The number of fused-ring (bicyclic) bond motifs is 1. The normalized spacial score (nSPS) is 16.7. The molecule has 0 amide bonds. The third kappa shape index (κ3) is 3.47. The summed E-state index contributed by atoms with van der Waals surface area (Å²) in [6.07, 6.45) is 8.72. The Labute approximate surface area is 140 Å². The van der Waals surface area contributed by atoms with Crippen molar-refractivity contribution < 1.29 is 9.90 Å². The highest BCUT2D eigenvalue weighted by Crippen LogP contribution is 2.28. The van der Waals surface area contributed by atoms with Gasteiger partial charge in [0.2, 0.25) is 0 Å². The molecule has 1 saturated carbocycles. The van der Waals surface area contributed by atoms with Crippen LogP contribution in [0.1, 0.15) is 57.6 Å². The van der Waals surface area contributed by atoms with Crippen molar-refractivity contribution in [3.8, 4) is 0 Å². The molecule has 1 aliphatic rings. The van der Waals surface area contributed by atoms with Gasteiger partial charge in [0.25, 0.3) is 0 Å². The van der Waals surface area contributed by atoms with E-state index in [9.17, 15) is 14.7 Å². The van der Waals surface area contributed by atoms with Crippen molar-refractivity contribution in [3.05, 3.63) is 33.5 Å². The fourth-order valence-corrected chi connectivity index (χ4v) is 3.54. The lowest BCUT2D eigenvalue weighted by Crippen LogP contribution is -2.31. The number of pyridine rings is 1. The van der Waals surface area contributed by atoms with Crippen LogP contribution in [-0.4, -0.2) is 25.5 Å². The van der Waals surface area contributed by atoms with Crippen LogP contribution in [0.2, 0.25) is 0 Å². The zero-order valence-corrected chi connectivity index (χ0v) is 14.0. The van der Waals surface area contributed by atoms with E-state index in [0.29, 0.717) is 5.65 Å². The zero-order valence-electron chi connectivity index (χ0n) is 14.0. The van der Waals surface area contributed by atoms with Crippen molar-refractivity contribution >= 4 is 17.2 Å². The minimum absolute atomic E-state index is 0.0281. The molecule has 3 rings (SSSR count). The fourth-order valence-electron chi connectivity index (χ4n) is 3.54. The monoisotopic (exact) mass is 329 g/mol. The smallest absolute Gasteiger partial charge is 0.194 e. The Morgan fingerprint density at radius 2 is 2.08 bits per heavy atom. The average molecular weight is 329 g/mol. The summed E-state index contributed by atoms with van der Waals surface area (Å²) in [5.41, 5.74) is 0.963. The third-order valence-corrected chi connectivity index (χ3v) is 4.87. The van der Waals surface area contributed by atoms with Crippen LogP contribution < -0.4 is 10.6 Å². The Morgan fingerprint density at radius 3 is 2.79 bits per heavy atom. The Balaban J connectivity index is 1.95. The van der Waals surface area contributed by atoms with Gasteiger partial charge >= 0.3 is 0 Å². The van der Waals surface area contributed by atoms with E-state index < -0.39 is 0 Å². The van der Waals surface area contributed by atoms with Crippen molar-refractivity contribution in [2.24, 2.45) is 5.92 Å². The number of nitrogens with zero attached hydrogens (tertiary/aromatic N) is 3. The van der Waals surface area contributed by atoms with Crippen molar-refractivity contribution in [1.82, 2.24) is 14.6 Å². The quantitative estimate of drug-likeness (QED) is 0.876. The number of aliphatic hydroxyl groups is 1. The maximum atomic E-state index is 12.5. The molecular weight excluding hydrogens is 306 g/mol. The SMILES string of the molecule is CC(=O)CC/C(O)=c1\c(=O)cc(CCC2CCCC2)n2ncnc12. The second-order valence-electron chi connectivity index (χ2n) is 6.71.